The summed E-state index contributed by atoms with van der Waals surface area (Å²) < 4.78 is 16.0. The van der Waals surface area contributed by atoms with E-state index in [0.717, 1.165) is 30.2 Å². The van der Waals surface area contributed by atoms with Gasteiger partial charge in [0.2, 0.25) is 0 Å². The first kappa shape index (κ1) is 25.7. The van der Waals surface area contributed by atoms with Gasteiger partial charge in [0.25, 0.3) is 5.69 Å². The highest BCUT2D eigenvalue weighted by atomic mass is 127. The summed E-state index contributed by atoms with van der Waals surface area (Å²) in [7, 11) is 4.93. The molecule has 0 unspecified atom stereocenters. The average Bonchev–Trinajstić information content (AvgIpc) is 2.80. The first-order chi connectivity index (χ1) is 15.0. The molecule has 1 N–H and O–H groups in total. The summed E-state index contributed by atoms with van der Waals surface area (Å²) in [6.07, 6.45) is 0.859. The maximum atomic E-state index is 10.9. The highest BCUT2D eigenvalue weighted by molar-refractivity contribution is 14.0. The number of benzene rings is 2. The number of nitrogens with zero attached hydrogens (tertiary/aromatic N) is 3. The van der Waals surface area contributed by atoms with Gasteiger partial charge in [0.05, 0.1) is 32.3 Å². The van der Waals surface area contributed by atoms with Crippen LogP contribution in [0.15, 0.2) is 41.4 Å². The van der Waals surface area contributed by atoms with Gasteiger partial charge in [-0.25, -0.2) is 4.99 Å². The molecule has 10 heteroatoms. The number of rotatable bonds is 8. The van der Waals surface area contributed by atoms with Crippen molar-refractivity contribution in [1.82, 2.24) is 10.2 Å². The normalized spacial score (nSPS) is 13.1. The molecule has 0 bridgehead atoms. The minimum atomic E-state index is -0.404. The van der Waals surface area contributed by atoms with E-state index in [0.29, 0.717) is 32.0 Å². The van der Waals surface area contributed by atoms with Crippen LogP contribution in [-0.4, -0.2) is 56.8 Å². The first-order valence-corrected chi connectivity index (χ1v) is 10.0. The Balaban J connectivity index is 0.00000363. The number of nitro groups is 1. The molecule has 1 heterocycles. The van der Waals surface area contributed by atoms with Gasteiger partial charge in [-0.1, -0.05) is 12.1 Å². The molecule has 0 aliphatic carbocycles. The molecule has 1 aliphatic rings. The zero-order valence-corrected chi connectivity index (χ0v) is 20.8. The van der Waals surface area contributed by atoms with Gasteiger partial charge in [-0.15, -0.1) is 24.0 Å². The van der Waals surface area contributed by atoms with Crippen molar-refractivity contribution in [3.63, 3.8) is 0 Å². The van der Waals surface area contributed by atoms with Crippen LogP contribution in [-0.2, 0) is 24.2 Å². The molecule has 1 aliphatic heterocycles. The monoisotopic (exact) mass is 556 g/mol. The van der Waals surface area contributed by atoms with Crippen molar-refractivity contribution in [1.29, 1.82) is 0 Å². The van der Waals surface area contributed by atoms with Crippen molar-refractivity contribution in [3.8, 4) is 11.5 Å². The molecule has 0 aromatic heterocycles. The average molecular weight is 556 g/mol. The topological polar surface area (TPSA) is 98.5 Å². The summed E-state index contributed by atoms with van der Waals surface area (Å²) in [6, 6.07) is 10.5. The van der Waals surface area contributed by atoms with Crippen LogP contribution < -0.4 is 14.8 Å². The van der Waals surface area contributed by atoms with Gasteiger partial charge in [0, 0.05) is 38.9 Å². The van der Waals surface area contributed by atoms with Crippen LogP contribution in [0.2, 0.25) is 0 Å². The molecule has 32 heavy (non-hydrogen) atoms. The number of fused-ring (bicyclic) bond motifs is 1. The maximum absolute atomic E-state index is 10.9. The Morgan fingerprint density at radius 3 is 2.38 bits per heavy atom. The van der Waals surface area contributed by atoms with Crippen LogP contribution in [0.4, 0.5) is 5.69 Å². The van der Waals surface area contributed by atoms with Crippen LogP contribution in [0.5, 0.6) is 11.5 Å². The minimum absolute atomic E-state index is 0. The lowest BCUT2D eigenvalue weighted by atomic mass is 9.99. The molecule has 0 amide bonds. The van der Waals surface area contributed by atoms with E-state index in [4.69, 9.17) is 19.2 Å². The molecule has 0 fully saturated rings. The second-order valence-corrected chi connectivity index (χ2v) is 7.13. The van der Waals surface area contributed by atoms with E-state index in [1.54, 1.807) is 33.5 Å². The van der Waals surface area contributed by atoms with E-state index in [2.05, 4.69) is 10.2 Å². The summed E-state index contributed by atoms with van der Waals surface area (Å²) in [6.45, 7) is 3.11. The third-order valence-corrected chi connectivity index (χ3v) is 5.17. The molecule has 0 saturated carbocycles. The SMILES string of the molecule is COCCNC(=NCc1ccc([N+](=O)[O-])cc1)N1CCc2cc(OC)c(OC)cc2C1.I. The van der Waals surface area contributed by atoms with Gasteiger partial charge in [0.15, 0.2) is 17.5 Å². The molecule has 0 saturated heterocycles. The first-order valence-electron chi connectivity index (χ1n) is 10.0. The van der Waals surface area contributed by atoms with Crippen molar-refractivity contribution in [3.05, 3.63) is 63.2 Å². The largest absolute Gasteiger partial charge is 0.493 e. The molecule has 0 atom stereocenters. The zero-order valence-electron chi connectivity index (χ0n) is 18.5. The van der Waals surface area contributed by atoms with Crippen molar-refractivity contribution in [2.45, 2.75) is 19.5 Å². The molecule has 3 rings (SSSR count). The van der Waals surface area contributed by atoms with Crippen molar-refractivity contribution < 1.29 is 19.1 Å². The smallest absolute Gasteiger partial charge is 0.269 e. The van der Waals surface area contributed by atoms with Crippen molar-refractivity contribution >= 4 is 35.6 Å². The minimum Gasteiger partial charge on any atom is -0.493 e. The van der Waals surface area contributed by atoms with Gasteiger partial charge in [-0.2, -0.15) is 0 Å². The number of nitro benzene ring substituents is 1. The molecule has 9 nitrogen and oxygen atoms in total. The van der Waals surface area contributed by atoms with E-state index < -0.39 is 4.92 Å². The molecule has 0 radical (unpaired) electrons. The van der Waals surface area contributed by atoms with Crippen molar-refractivity contribution in [2.24, 2.45) is 4.99 Å². The van der Waals surface area contributed by atoms with Gasteiger partial charge < -0.3 is 24.4 Å². The lowest BCUT2D eigenvalue weighted by Gasteiger charge is -2.32. The Morgan fingerprint density at radius 2 is 1.78 bits per heavy atom. The Bertz CT molecular complexity index is 937. The summed E-state index contributed by atoms with van der Waals surface area (Å²) in [4.78, 5) is 17.4. The molecule has 174 valence electrons. The highest BCUT2D eigenvalue weighted by Gasteiger charge is 2.22. The summed E-state index contributed by atoms with van der Waals surface area (Å²) in [5.74, 6) is 2.22. The number of halogens is 1. The van der Waals surface area contributed by atoms with Crippen LogP contribution in [0.25, 0.3) is 0 Å². The lowest BCUT2D eigenvalue weighted by molar-refractivity contribution is -0.384. The number of non-ortho nitro benzene ring substituents is 1. The zero-order chi connectivity index (χ0) is 22.2. The predicted octanol–water partition coefficient (Wildman–Crippen LogP) is 3.38. The summed E-state index contributed by atoms with van der Waals surface area (Å²) >= 11 is 0. The number of hydrogen-bond acceptors (Lipinski definition) is 6. The standard InChI is InChI=1S/C22H28N4O5.HI/c1-29-11-9-23-22(24-14-16-4-6-19(7-5-16)26(27)28)25-10-8-17-12-20(30-2)21(31-3)13-18(17)15-25;/h4-7,12-13H,8-11,14-15H2,1-3H3,(H,23,24);1H. The quantitative estimate of drug-likeness (QED) is 0.133. The van der Waals surface area contributed by atoms with E-state index in [9.17, 15) is 10.1 Å². The number of hydrogen-bond donors (Lipinski definition) is 1. The van der Waals surface area contributed by atoms with Gasteiger partial charge in [0.1, 0.15) is 0 Å². The van der Waals surface area contributed by atoms with Crippen LogP contribution in [0, 0.1) is 10.1 Å². The summed E-state index contributed by atoms with van der Waals surface area (Å²) in [5.41, 5.74) is 3.38. The Hall–Kier alpha value is -2.60. The fourth-order valence-electron chi connectivity index (χ4n) is 3.49. The van der Waals surface area contributed by atoms with Gasteiger partial charge in [-0.3, -0.25) is 10.1 Å². The van der Waals surface area contributed by atoms with Gasteiger partial charge >= 0.3 is 0 Å². The molecule has 0 spiro atoms. The Morgan fingerprint density at radius 1 is 1.12 bits per heavy atom. The molecule has 2 aromatic rings. The van der Waals surface area contributed by atoms with Gasteiger partial charge in [-0.05, 0) is 35.2 Å². The number of aliphatic imine (C=N–C) groups is 1. The Labute approximate surface area is 204 Å². The maximum Gasteiger partial charge on any atom is 0.269 e. The fourth-order valence-corrected chi connectivity index (χ4v) is 3.49. The van der Waals surface area contributed by atoms with E-state index in [1.807, 2.05) is 12.1 Å². The second kappa shape index (κ2) is 12.4. The number of ether oxygens (including phenoxy) is 3. The fraction of sp³-hybridized carbons (Fsp3) is 0.409. The number of methoxy groups -OCH3 is 3. The summed E-state index contributed by atoms with van der Waals surface area (Å²) in [5, 5.41) is 14.2. The Kier molecular flexibility index (Phi) is 9.97. The van der Waals surface area contributed by atoms with Crippen LogP contribution >= 0.6 is 24.0 Å². The molecular formula is C22H29IN4O5. The van der Waals surface area contributed by atoms with Crippen LogP contribution in [0.1, 0.15) is 16.7 Å². The van der Waals surface area contributed by atoms with Crippen LogP contribution in [0.3, 0.4) is 0 Å². The predicted molar refractivity (Wildman–Crippen MR) is 133 cm³/mol. The molecule has 2 aromatic carbocycles. The third kappa shape index (κ3) is 6.45. The van der Waals surface area contributed by atoms with E-state index >= 15 is 0 Å². The van der Waals surface area contributed by atoms with E-state index in [-0.39, 0.29) is 29.7 Å². The molecular weight excluding hydrogens is 527 g/mol. The number of guanidine groups is 1. The highest BCUT2D eigenvalue weighted by Crippen LogP contribution is 2.33. The second-order valence-electron chi connectivity index (χ2n) is 7.13. The lowest BCUT2D eigenvalue weighted by Crippen LogP contribution is -2.45. The number of nitrogens with one attached hydrogen (secondary N) is 1. The van der Waals surface area contributed by atoms with E-state index in [1.165, 1.54) is 23.3 Å². The third-order valence-electron chi connectivity index (χ3n) is 5.17. The van der Waals surface area contributed by atoms with Crippen molar-refractivity contribution in [2.75, 3.05) is 41.0 Å².